The second-order valence-corrected chi connectivity index (χ2v) is 8.34. The van der Waals surface area contributed by atoms with Gasteiger partial charge in [-0.05, 0) is 25.1 Å². The predicted molar refractivity (Wildman–Crippen MR) is 119 cm³/mol. The Hall–Kier alpha value is -2.91. The molecule has 0 aromatic carbocycles. The number of carbonyl (C=O) groups excluding carboxylic acids is 1. The van der Waals surface area contributed by atoms with E-state index >= 15 is 0 Å². The van der Waals surface area contributed by atoms with E-state index in [-0.39, 0.29) is 11.8 Å². The Morgan fingerprint density at radius 1 is 1.16 bits per heavy atom. The van der Waals surface area contributed by atoms with E-state index in [2.05, 4.69) is 25.5 Å². The van der Waals surface area contributed by atoms with Crippen molar-refractivity contribution in [3.05, 3.63) is 47.5 Å². The molecule has 0 radical (unpaired) electrons. The van der Waals surface area contributed by atoms with Crippen molar-refractivity contribution in [2.75, 3.05) is 49.1 Å². The van der Waals surface area contributed by atoms with Gasteiger partial charge in [0.05, 0.1) is 30.6 Å². The van der Waals surface area contributed by atoms with Crippen molar-refractivity contribution in [1.82, 2.24) is 30.0 Å². The lowest BCUT2D eigenvalue weighted by atomic mass is 9.99. The molecule has 0 aliphatic carbocycles. The molecule has 2 aliphatic rings. The first kappa shape index (κ1) is 20.0. The molecule has 31 heavy (non-hydrogen) atoms. The van der Waals surface area contributed by atoms with Crippen LogP contribution in [0.15, 0.2) is 36.8 Å². The van der Waals surface area contributed by atoms with E-state index in [0.29, 0.717) is 36.4 Å². The lowest BCUT2D eigenvalue weighted by Gasteiger charge is -2.39. The Morgan fingerprint density at radius 2 is 2.06 bits per heavy atom. The van der Waals surface area contributed by atoms with E-state index in [9.17, 15) is 4.79 Å². The minimum atomic E-state index is -0.0870. The molecule has 1 amide bonds. The van der Waals surface area contributed by atoms with Gasteiger partial charge in [-0.25, -0.2) is 9.97 Å². The smallest absolute Gasteiger partial charge is 0.227 e. The number of aromatic nitrogens is 4. The first-order chi connectivity index (χ1) is 15.2. The molecular weight excluding hydrogens is 416 g/mol. The molecule has 0 saturated carbocycles. The number of halogens is 1. The lowest BCUT2D eigenvalue weighted by Crippen LogP contribution is -2.54. The third-order valence-corrected chi connectivity index (χ3v) is 6.09. The zero-order chi connectivity index (χ0) is 21.2. The van der Waals surface area contributed by atoms with Crippen molar-refractivity contribution in [3.8, 4) is 0 Å². The first-order valence-electron chi connectivity index (χ1n) is 10.6. The molecule has 0 unspecified atom stereocenters. The number of carbonyl (C=O) groups is 1. The third kappa shape index (κ3) is 4.15. The van der Waals surface area contributed by atoms with Gasteiger partial charge in [-0.15, -0.1) is 0 Å². The molecule has 0 spiro atoms. The second-order valence-electron chi connectivity index (χ2n) is 7.93. The SMILES string of the molecule is O=C(NCc1cnc2ccccn12)C1CN(c2nc(N3CCCNCC3)ncc2Cl)C1. The summed E-state index contributed by atoms with van der Waals surface area (Å²) in [7, 11) is 0. The number of rotatable bonds is 5. The number of imidazole rings is 1. The number of nitrogens with zero attached hydrogens (tertiary/aromatic N) is 6. The van der Waals surface area contributed by atoms with Crippen molar-refractivity contribution in [3.63, 3.8) is 0 Å². The number of hydrogen-bond acceptors (Lipinski definition) is 7. The molecule has 0 bridgehead atoms. The van der Waals surface area contributed by atoms with Crippen LogP contribution >= 0.6 is 11.6 Å². The van der Waals surface area contributed by atoms with Crippen molar-refractivity contribution >= 4 is 34.9 Å². The zero-order valence-electron chi connectivity index (χ0n) is 17.2. The molecule has 2 aliphatic heterocycles. The Morgan fingerprint density at radius 3 is 2.97 bits per heavy atom. The number of hydrogen-bond donors (Lipinski definition) is 2. The standard InChI is InChI=1S/C21H25ClN8O/c22-17-12-26-21(28-7-3-5-23-6-9-28)27-19(17)29-13-15(14-29)20(31)25-11-16-10-24-18-4-1-2-8-30(16)18/h1-2,4,8,10,12,15,23H,3,5-7,9,11,13-14H2,(H,25,31). The van der Waals surface area contributed by atoms with Crippen LogP contribution in [0.3, 0.4) is 0 Å². The number of pyridine rings is 1. The van der Waals surface area contributed by atoms with Crippen LogP contribution in [0.2, 0.25) is 5.02 Å². The highest BCUT2D eigenvalue weighted by atomic mass is 35.5. The predicted octanol–water partition coefficient (Wildman–Crippen LogP) is 1.33. The van der Waals surface area contributed by atoms with E-state index in [1.807, 2.05) is 33.7 Å². The number of anilines is 2. The maximum absolute atomic E-state index is 12.6. The van der Waals surface area contributed by atoms with Crippen LogP contribution < -0.4 is 20.4 Å². The number of amides is 1. The van der Waals surface area contributed by atoms with Gasteiger partial charge in [-0.3, -0.25) is 4.79 Å². The van der Waals surface area contributed by atoms with Gasteiger partial charge in [0.25, 0.3) is 0 Å². The van der Waals surface area contributed by atoms with Crippen LogP contribution in [-0.2, 0) is 11.3 Å². The second kappa shape index (κ2) is 8.68. The normalized spacial score (nSPS) is 17.5. The van der Waals surface area contributed by atoms with Crippen LogP contribution in [0, 0.1) is 5.92 Å². The fourth-order valence-corrected chi connectivity index (χ4v) is 4.23. The molecule has 5 rings (SSSR count). The molecule has 2 saturated heterocycles. The van der Waals surface area contributed by atoms with Gasteiger partial charge in [0.1, 0.15) is 10.7 Å². The van der Waals surface area contributed by atoms with Crippen LogP contribution in [0.1, 0.15) is 12.1 Å². The van der Waals surface area contributed by atoms with Crippen LogP contribution in [0.4, 0.5) is 11.8 Å². The van der Waals surface area contributed by atoms with Crippen LogP contribution in [0.25, 0.3) is 5.65 Å². The van der Waals surface area contributed by atoms with Crippen molar-refractivity contribution in [1.29, 1.82) is 0 Å². The summed E-state index contributed by atoms with van der Waals surface area (Å²) in [5.74, 6) is 1.35. The quantitative estimate of drug-likeness (QED) is 0.618. The van der Waals surface area contributed by atoms with Gasteiger partial charge in [0, 0.05) is 38.9 Å². The summed E-state index contributed by atoms with van der Waals surface area (Å²) < 4.78 is 1.98. The summed E-state index contributed by atoms with van der Waals surface area (Å²) in [4.78, 5) is 30.3. The molecule has 2 fully saturated rings. The summed E-state index contributed by atoms with van der Waals surface area (Å²) in [6.07, 6.45) is 6.46. The molecule has 3 aromatic heterocycles. The highest BCUT2D eigenvalue weighted by Crippen LogP contribution is 2.30. The summed E-state index contributed by atoms with van der Waals surface area (Å²) >= 11 is 6.38. The monoisotopic (exact) mass is 440 g/mol. The maximum atomic E-state index is 12.6. The van der Waals surface area contributed by atoms with E-state index in [4.69, 9.17) is 16.6 Å². The minimum absolute atomic E-state index is 0.0334. The summed E-state index contributed by atoms with van der Waals surface area (Å²) in [6.45, 7) is 5.35. The van der Waals surface area contributed by atoms with Crippen molar-refractivity contribution in [2.24, 2.45) is 5.92 Å². The Kier molecular flexibility index (Phi) is 5.61. The van der Waals surface area contributed by atoms with Gasteiger partial charge < -0.3 is 24.8 Å². The Bertz CT molecular complexity index is 1070. The molecule has 0 atom stereocenters. The summed E-state index contributed by atoms with van der Waals surface area (Å²) in [6, 6.07) is 5.84. The fraction of sp³-hybridized carbons (Fsp3) is 0.429. The average molecular weight is 441 g/mol. The van der Waals surface area contributed by atoms with E-state index < -0.39 is 0 Å². The number of fused-ring (bicyclic) bond motifs is 1. The third-order valence-electron chi connectivity index (χ3n) is 5.83. The Labute approximate surface area is 185 Å². The summed E-state index contributed by atoms with van der Waals surface area (Å²) in [5, 5.41) is 6.93. The van der Waals surface area contributed by atoms with Crippen molar-refractivity contribution < 1.29 is 4.79 Å². The van der Waals surface area contributed by atoms with E-state index in [0.717, 1.165) is 43.9 Å². The average Bonchev–Trinajstić information content (AvgIpc) is 2.96. The molecule has 3 aromatic rings. The lowest BCUT2D eigenvalue weighted by molar-refractivity contribution is -0.125. The maximum Gasteiger partial charge on any atom is 0.227 e. The molecule has 10 heteroatoms. The molecule has 5 heterocycles. The van der Waals surface area contributed by atoms with E-state index in [1.54, 1.807) is 12.4 Å². The highest BCUT2D eigenvalue weighted by molar-refractivity contribution is 6.32. The van der Waals surface area contributed by atoms with Gasteiger partial charge in [0.2, 0.25) is 11.9 Å². The zero-order valence-corrected chi connectivity index (χ0v) is 17.9. The Balaban J connectivity index is 1.19. The van der Waals surface area contributed by atoms with Gasteiger partial charge in [-0.1, -0.05) is 17.7 Å². The topological polar surface area (TPSA) is 90.7 Å². The van der Waals surface area contributed by atoms with E-state index in [1.165, 1.54) is 0 Å². The molecule has 9 nitrogen and oxygen atoms in total. The summed E-state index contributed by atoms with van der Waals surface area (Å²) in [5.41, 5.74) is 1.83. The number of nitrogens with one attached hydrogen (secondary N) is 2. The molecule has 2 N–H and O–H groups in total. The fourth-order valence-electron chi connectivity index (χ4n) is 4.02. The van der Waals surface area contributed by atoms with Crippen molar-refractivity contribution in [2.45, 2.75) is 13.0 Å². The molecule has 162 valence electrons. The van der Waals surface area contributed by atoms with Gasteiger partial charge >= 0.3 is 0 Å². The minimum Gasteiger partial charge on any atom is -0.353 e. The highest BCUT2D eigenvalue weighted by Gasteiger charge is 2.35. The van der Waals surface area contributed by atoms with Crippen LogP contribution in [0.5, 0.6) is 0 Å². The van der Waals surface area contributed by atoms with Gasteiger partial charge in [-0.2, -0.15) is 4.98 Å². The van der Waals surface area contributed by atoms with Crippen LogP contribution in [-0.4, -0.2) is 64.5 Å². The van der Waals surface area contributed by atoms with Gasteiger partial charge in [0.15, 0.2) is 5.82 Å². The molecular formula is C21H25ClN8O. The largest absolute Gasteiger partial charge is 0.353 e. The first-order valence-corrected chi connectivity index (χ1v) is 11.0.